The Kier molecular flexibility index (Phi) is 3.91. The van der Waals surface area contributed by atoms with Crippen LogP contribution in [0.4, 0.5) is 4.39 Å². The molecule has 1 aromatic rings. The lowest BCUT2D eigenvalue weighted by Gasteiger charge is -2.25. The Labute approximate surface area is 101 Å². The fourth-order valence-corrected chi connectivity index (χ4v) is 2.80. The Hall–Kier alpha value is -0.980. The number of likely N-dealkylation sites (N-methyl/N-ethyl adjacent to an activating group) is 1. The van der Waals surface area contributed by atoms with Crippen LogP contribution in [0, 0.1) is 5.82 Å². The molecule has 1 N–H and O–H groups in total. The molecule has 0 radical (unpaired) electrons. The van der Waals surface area contributed by atoms with E-state index in [4.69, 9.17) is 0 Å². The lowest BCUT2D eigenvalue weighted by molar-refractivity contribution is 0.0640. The number of hydrogen-bond donors (Lipinski definition) is 1. The summed E-state index contributed by atoms with van der Waals surface area (Å²) >= 11 is 0. The monoisotopic (exact) mass is 261 g/mol. The van der Waals surface area contributed by atoms with E-state index in [-0.39, 0.29) is 11.4 Å². The molecule has 0 fully saturated rings. The van der Waals surface area contributed by atoms with E-state index in [0.717, 1.165) is 10.4 Å². The van der Waals surface area contributed by atoms with Gasteiger partial charge >= 0.3 is 0 Å². The van der Waals surface area contributed by atoms with Gasteiger partial charge in [-0.05, 0) is 32.0 Å². The van der Waals surface area contributed by atoms with Crippen molar-refractivity contribution in [3.8, 4) is 0 Å². The van der Waals surface area contributed by atoms with Crippen LogP contribution >= 0.6 is 0 Å². The Morgan fingerprint density at radius 2 is 2.00 bits per heavy atom. The average molecular weight is 261 g/mol. The second-order valence-corrected chi connectivity index (χ2v) is 6.58. The molecule has 4 nitrogen and oxygen atoms in total. The largest absolute Gasteiger partial charge is 0.389 e. The zero-order valence-corrected chi connectivity index (χ0v) is 10.8. The van der Waals surface area contributed by atoms with Crippen molar-refractivity contribution in [2.45, 2.75) is 24.3 Å². The molecule has 0 atom stereocenters. The van der Waals surface area contributed by atoms with Crippen LogP contribution in [0.5, 0.6) is 0 Å². The van der Waals surface area contributed by atoms with Crippen LogP contribution in [0.15, 0.2) is 29.2 Å². The maximum atomic E-state index is 13.0. The first kappa shape index (κ1) is 14.1. The van der Waals surface area contributed by atoms with Gasteiger partial charge in [-0.3, -0.25) is 0 Å². The van der Waals surface area contributed by atoms with Gasteiger partial charge in [0.1, 0.15) is 5.82 Å². The smallest absolute Gasteiger partial charge is 0.243 e. The summed E-state index contributed by atoms with van der Waals surface area (Å²) in [5.41, 5.74) is -1.14. The summed E-state index contributed by atoms with van der Waals surface area (Å²) in [4.78, 5) is -0.121. The molecule has 1 aromatic carbocycles. The van der Waals surface area contributed by atoms with Crippen molar-refractivity contribution >= 4 is 10.0 Å². The van der Waals surface area contributed by atoms with E-state index < -0.39 is 21.4 Å². The summed E-state index contributed by atoms with van der Waals surface area (Å²) in [6, 6.07) is 4.78. The highest BCUT2D eigenvalue weighted by atomic mass is 32.2. The lowest BCUT2D eigenvalue weighted by atomic mass is 10.1. The van der Waals surface area contributed by atoms with Crippen LogP contribution in [-0.2, 0) is 10.0 Å². The molecule has 0 spiro atoms. The molecule has 0 unspecified atom stereocenters. The van der Waals surface area contributed by atoms with Crippen LogP contribution in [0.1, 0.15) is 13.8 Å². The van der Waals surface area contributed by atoms with Gasteiger partial charge in [-0.1, -0.05) is 6.07 Å². The van der Waals surface area contributed by atoms with E-state index >= 15 is 0 Å². The molecule has 0 aliphatic rings. The van der Waals surface area contributed by atoms with E-state index in [2.05, 4.69) is 0 Å². The lowest BCUT2D eigenvalue weighted by Crippen LogP contribution is -2.39. The molecule has 0 saturated carbocycles. The van der Waals surface area contributed by atoms with Gasteiger partial charge < -0.3 is 5.11 Å². The zero-order chi connectivity index (χ0) is 13.3. The summed E-state index contributed by atoms with van der Waals surface area (Å²) < 4.78 is 38.0. The molecule has 0 heterocycles. The van der Waals surface area contributed by atoms with Crippen LogP contribution in [-0.4, -0.2) is 37.0 Å². The Bertz CT molecular complexity index is 494. The molecule has 0 saturated heterocycles. The molecule has 96 valence electrons. The van der Waals surface area contributed by atoms with Crippen molar-refractivity contribution in [3.63, 3.8) is 0 Å². The summed E-state index contributed by atoms with van der Waals surface area (Å²) in [5, 5.41) is 9.57. The van der Waals surface area contributed by atoms with Crippen LogP contribution < -0.4 is 0 Å². The third-order valence-electron chi connectivity index (χ3n) is 2.11. The van der Waals surface area contributed by atoms with E-state index in [1.807, 2.05) is 0 Å². The number of benzene rings is 1. The minimum Gasteiger partial charge on any atom is -0.389 e. The quantitative estimate of drug-likeness (QED) is 0.886. The van der Waals surface area contributed by atoms with Crippen molar-refractivity contribution in [1.29, 1.82) is 0 Å². The van der Waals surface area contributed by atoms with E-state index in [0.29, 0.717) is 0 Å². The molecule has 6 heteroatoms. The molecule has 0 amide bonds. The first-order valence-corrected chi connectivity index (χ1v) is 6.51. The highest BCUT2D eigenvalue weighted by Gasteiger charge is 2.26. The topological polar surface area (TPSA) is 57.6 Å². The molecule has 0 bridgehead atoms. The van der Waals surface area contributed by atoms with Crippen molar-refractivity contribution in [2.24, 2.45) is 0 Å². The Balaban J connectivity index is 3.04. The van der Waals surface area contributed by atoms with Gasteiger partial charge in [0.25, 0.3) is 0 Å². The zero-order valence-electron chi connectivity index (χ0n) is 10.0. The molecule has 0 aliphatic heterocycles. The normalized spacial score (nSPS) is 13.1. The third-order valence-corrected chi connectivity index (χ3v) is 3.91. The summed E-state index contributed by atoms with van der Waals surface area (Å²) in [6.07, 6.45) is 0. The first-order valence-electron chi connectivity index (χ1n) is 5.07. The molecule has 1 rings (SSSR count). The van der Waals surface area contributed by atoms with Crippen molar-refractivity contribution in [3.05, 3.63) is 30.1 Å². The number of nitrogens with zero attached hydrogens (tertiary/aromatic N) is 1. The Morgan fingerprint density at radius 3 is 2.47 bits per heavy atom. The van der Waals surface area contributed by atoms with Crippen LogP contribution in [0.3, 0.4) is 0 Å². The van der Waals surface area contributed by atoms with Crippen molar-refractivity contribution in [1.82, 2.24) is 4.31 Å². The fourth-order valence-electron chi connectivity index (χ4n) is 1.44. The van der Waals surface area contributed by atoms with Crippen LogP contribution in [0.25, 0.3) is 0 Å². The summed E-state index contributed by atoms with van der Waals surface area (Å²) in [7, 11) is -2.42. The Morgan fingerprint density at radius 1 is 1.41 bits per heavy atom. The van der Waals surface area contributed by atoms with E-state index in [9.17, 15) is 17.9 Å². The number of sulfonamides is 1. The van der Waals surface area contributed by atoms with Gasteiger partial charge in [-0.25, -0.2) is 12.8 Å². The standard InChI is InChI=1S/C11H16FNO3S/c1-11(2,14)8-13(3)17(15,16)10-6-4-5-9(12)7-10/h4-7,14H,8H2,1-3H3. The van der Waals surface area contributed by atoms with Crippen molar-refractivity contribution in [2.75, 3.05) is 13.6 Å². The highest BCUT2D eigenvalue weighted by molar-refractivity contribution is 7.89. The highest BCUT2D eigenvalue weighted by Crippen LogP contribution is 2.17. The molecule has 0 aromatic heterocycles. The summed E-state index contributed by atoms with van der Waals surface area (Å²) in [5.74, 6) is -0.609. The predicted octanol–water partition coefficient (Wildman–Crippen LogP) is 1.22. The third kappa shape index (κ3) is 3.76. The van der Waals surface area contributed by atoms with Gasteiger partial charge in [-0.15, -0.1) is 0 Å². The van der Waals surface area contributed by atoms with Gasteiger partial charge in [-0.2, -0.15) is 4.31 Å². The number of hydrogen-bond acceptors (Lipinski definition) is 3. The fraction of sp³-hybridized carbons (Fsp3) is 0.455. The SMILES string of the molecule is CN(CC(C)(C)O)S(=O)(=O)c1cccc(F)c1. The summed E-state index contributed by atoms with van der Waals surface area (Å²) in [6.45, 7) is 2.95. The molecular weight excluding hydrogens is 245 g/mol. The van der Waals surface area contributed by atoms with E-state index in [1.54, 1.807) is 0 Å². The molecule has 17 heavy (non-hydrogen) atoms. The number of halogens is 1. The predicted molar refractivity (Wildman–Crippen MR) is 62.5 cm³/mol. The first-order chi connectivity index (χ1) is 7.63. The number of rotatable bonds is 4. The minimum absolute atomic E-state index is 0.0636. The maximum absolute atomic E-state index is 13.0. The van der Waals surface area contributed by atoms with Crippen molar-refractivity contribution < 1.29 is 17.9 Å². The second kappa shape index (κ2) is 4.72. The van der Waals surface area contributed by atoms with Gasteiger partial charge in [0.15, 0.2) is 0 Å². The van der Waals surface area contributed by atoms with Gasteiger partial charge in [0.05, 0.1) is 10.5 Å². The van der Waals surface area contributed by atoms with E-state index in [1.165, 1.54) is 39.1 Å². The second-order valence-electron chi connectivity index (χ2n) is 4.53. The average Bonchev–Trinajstić information content (AvgIpc) is 2.15. The molecule has 0 aliphatic carbocycles. The maximum Gasteiger partial charge on any atom is 0.243 e. The number of aliphatic hydroxyl groups is 1. The minimum atomic E-state index is -3.76. The van der Waals surface area contributed by atoms with Gasteiger partial charge in [0, 0.05) is 13.6 Å². The van der Waals surface area contributed by atoms with Gasteiger partial charge in [0.2, 0.25) is 10.0 Å². The molecular formula is C11H16FNO3S. The van der Waals surface area contributed by atoms with Crippen LogP contribution in [0.2, 0.25) is 0 Å².